The average Bonchev–Trinajstić information content (AvgIpc) is 2.25. The Morgan fingerprint density at radius 2 is 1.89 bits per heavy atom. The van der Waals surface area contributed by atoms with E-state index >= 15 is 0 Å². The molecule has 1 heterocycles. The fourth-order valence-electron chi connectivity index (χ4n) is 1.90. The van der Waals surface area contributed by atoms with Crippen LogP contribution in [0.5, 0.6) is 0 Å². The summed E-state index contributed by atoms with van der Waals surface area (Å²) in [7, 11) is 0. The zero-order chi connectivity index (χ0) is 14.6. The highest BCUT2D eigenvalue weighted by atomic mass is 19.4. The molecule has 19 heavy (non-hydrogen) atoms. The maximum absolute atomic E-state index is 12.5. The van der Waals surface area contributed by atoms with Gasteiger partial charge in [-0.2, -0.15) is 13.2 Å². The molecule has 1 aromatic heterocycles. The summed E-state index contributed by atoms with van der Waals surface area (Å²) in [5.74, 6) is 0.0753. The van der Waals surface area contributed by atoms with Gasteiger partial charge in [-0.05, 0) is 25.5 Å². The third-order valence-corrected chi connectivity index (χ3v) is 2.65. The third-order valence-electron chi connectivity index (χ3n) is 2.65. The van der Waals surface area contributed by atoms with E-state index in [1.54, 1.807) is 19.9 Å². The molecule has 1 aromatic rings. The van der Waals surface area contributed by atoms with Gasteiger partial charge in [0, 0.05) is 17.8 Å². The van der Waals surface area contributed by atoms with Crippen molar-refractivity contribution in [1.82, 2.24) is 4.98 Å². The summed E-state index contributed by atoms with van der Waals surface area (Å²) in [4.78, 5) is 5.00. The van der Waals surface area contributed by atoms with Crippen molar-refractivity contribution < 1.29 is 23.4 Å². The molecule has 0 fully saturated rings. The topological polar surface area (TPSA) is 56.6 Å². The molecule has 4 nitrogen and oxygen atoms in total. The van der Waals surface area contributed by atoms with E-state index in [2.05, 4.69) is 4.98 Å². The quantitative estimate of drug-likeness (QED) is 0.858. The molecule has 0 aromatic carbocycles. The molecule has 0 unspecified atom stereocenters. The minimum atomic E-state index is -4.40. The number of hydrogen-bond acceptors (Lipinski definition) is 4. The Balaban J connectivity index is 3.21. The van der Waals surface area contributed by atoms with Gasteiger partial charge < -0.3 is 15.1 Å². The minimum Gasteiger partial charge on any atom is -0.395 e. The van der Waals surface area contributed by atoms with E-state index in [0.29, 0.717) is 16.8 Å². The molecule has 0 saturated carbocycles. The van der Waals surface area contributed by atoms with Crippen LogP contribution >= 0.6 is 0 Å². The van der Waals surface area contributed by atoms with Crippen molar-refractivity contribution in [1.29, 1.82) is 0 Å². The summed E-state index contributed by atoms with van der Waals surface area (Å²) in [5, 5.41) is 18.2. The van der Waals surface area contributed by atoms with Crippen molar-refractivity contribution in [2.45, 2.75) is 26.6 Å². The van der Waals surface area contributed by atoms with Gasteiger partial charge in [-0.15, -0.1) is 0 Å². The lowest BCUT2D eigenvalue weighted by atomic mass is 10.1. The van der Waals surface area contributed by atoms with Gasteiger partial charge in [-0.1, -0.05) is 0 Å². The number of aryl methyl sites for hydroxylation is 2. The van der Waals surface area contributed by atoms with Crippen LogP contribution in [0.2, 0.25) is 0 Å². The molecular weight excluding hydrogens is 261 g/mol. The number of nitrogens with zero attached hydrogens (tertiary/aromatic N) is 2. The number of rotatable bonds is 5. The Labute approximate surface area is 109 Å². The molecule has 0 atom stereocenters. The van der Waals surface area contributed by atoms with Gasteiger partial charge in [0.2, 0.25) is 0 Å². The van der Waals surface area contributed by atoms with Crippen molar-refractivity contribution in [2.75, 3.05) is 24.6 Å². The van der Waals surface area contributed by atoms with Gasteiger partial charge in [0.05, 0.1) is 13.2 Å². The third kappa shape index (κ3) is 4.36. The molecular formula is C12H17F3N2O2. The number of pyridine rings is 1. The van der Waals surface area contributed by atoms with Gasteiger partial charge in [0.15, 0.2) is 0 Å². The van der Waals surface area contributed by atoms with Crippen LogP contribution in [-0.4, -0.2) is 41.1 Å². The lowest BCUT2D eigenvalue weighted by molar-refractivity contribution is -0.120. The second kappa shape index (κ2) is 6.21. The number of anilines is 1. The Kier molecular flexibility index (Phi) is 5.13. The van der Waals surface area contributed by atoms with E-state index < -0.39 is 25.9 Å². The van der Waals surface area contributed by atoms with Gasteiger partial charge in [-0.25, -0.2) is 4.98 Å². The first-order chi connectivity index (χ1) is 8.78. The molecule has 2 N–H and O–H groups in total. The molecule has 108 valence electrons. The Morgan fingerprint density at radius 1 is 1.26 bits per heavy atom. The highest BCUT2D eigenvalue weighted by Crippen LogP contribution is 2.26. The molecule has 1 rings (SSSR count). The summed E-state index contributed by atoms with van der Waals surface area (Å²) >= 11 is 0. The van der Waals surface area contributed by atoms with Gasteiger partial charge in [0.1, 0.15) is 12.4 Å². The van der Waals surface area contributed by atoms with Crippen LogP contribution < -0.4 is 4.90 Å². The Hall–Kier alpha value is -1.34. The van der Waals surface area contributed by atoms with Crippen LogP contribution in [-0.2, 0) is 6.61 Å². The smallest absolute Gasteiger partial charge is 0.395 e. The molecule has 0 aliphatic heterocycles. The van der Waals surface area contributed by atoms with Crippen molar-refractivity contribution in [2.24, 2.45) is 0 Å². The Morgan fingerprint density at radius 3 is 2.37 bits per heavy atom. The van der Waals surface area contributed by atoms with Crippen LogP contribution in [0, 0.1) is 13.8 Å². The van der Waals surface area contributed by atoms with E-state index in [1.807, 2.05) is 0 Å². The van der Waals surface area contributed by atoms with Crippen LogP contribution in [0.25, 0.3) is 0 Å². The fraction of sp³-hybridized carbons (Fsp3) is 0.583. The lowest BCUT2D eigenvalue weighted by Gasteiger charge is -2.27. The normalized spacial score (nSPS) is 11.7. The van der Waals surface area contributed by atoms with Crippen LogP contribution in [0.4, 0.5) is 19.0 Å². The maximum Gasteiger partial charge on any atom is 0.405 e. The number of halogens is 3. The van der Waals surface area contributed by atoms with Crippen LogP contribution in [0.3, 0.4) is 0 Å². The molecule has 0 amide bonds. The highest BCUT2D eigenvalue weighted by Gasteiger charge is 2.32. The maximum atomic E-state index is 12.5. The van der Waals surface area contributed by atoms with Gasteiger partial charge >= 0.3 is 6.18 Å². The molecule has 0 radical (unpaired) electrons. The second-order valence-corrected chi connectivity index (χ2v) is 4.30. The number of aliphatic hydroxyl groups is 2. The molecule has 0 aliphatic carbocycles. The minimum absolute atomic E-state index is 0.0753. The standard InChI is InChI=1S/C12H17F3N2O2/c1-8-5-9(2)16-11(10(8)6-19)17(3-4-18)7-12(13,14)15/h5,18-19H,3-4,6-7H2,1-2H3. The predicted molar refractivity (Wildman–Crippen MR) is 65.0 cm³/mol. The summed E-state index contributed by atoms with van der Waals surface area (Å²) in [6.45, 7) is 1.15. The van der Waals surface area contributed by atoms with Gasteiger partial charge in [-0.3, -0.25) is 0 Å². The summed E-state index contributed by atoms with van der Waals surface area (Å²) in [6.07, 6.45) is -4.40. The molecule has 0 spiro atoms. The SMILES string of the molecule is Cc1cc(C)c(CO)c(N(CCO)CC(F)(F)F)n1. The lowest BCUT2D eigenvalue weighted by Crippen LogP contribution is -2.37. The molecule has 0 aliphatic rings. The van der Waals surface area contributed by atoms with E-state index in [-0.39, 0.29) is 12.4 Å². The van der Waals surface area contributed by atoms with Gasteiger partial charge in [0.25, 0.3) is 0 Å². The number of hydrogen-bond donors (Lipinski definition) is 2. The predicted octanol–water partition coefficient (Wildman–Crippen LogP) is 1.55. The van der Waals surface area contributed by atoms with Crippen LogP contribution in [0.15, 0.2) is 6.07 Å². The Bertz CT molecular complexity index is 436. The van der Waals surface area contributed by atoms with E-state index in [0.717, 1.165) is 4.90 Å². The summed E-state index contributed by atoms with van der Waals surface area (Å²) in [5.41, 5.74) is 1.59. The largest absolute Gasteiger partial charge is 0.405 e. The van der Waals surface area contributed by atoms with E-state index in [4.69, 9.17) is 5.11 Å². The second-order valence-electron chi connectivity index (χ2n) is 4.30. The summed E-state index contributed by atoms with van der Waals surface area (Å²) in [6, 6.07) is 1.69. The van der Waals surface area contributed by atoms with Crippen molar-refractivity contribution in [3.63, 3.8) is 0 Å². The number of aliphatic hydroxyl groups excluding tert-OH is 2. The van der Waals surface area contributed by atoms with Crippen LogP contribution in [0.1, 0.15) is 16.8 Å². The number of alkyl halides is 3. The molecule has 0 bridgehead atoms. The fourth-order valence-corrected chi connectivity index (χ4v) is 1.90. The first kappa shape index (κ1) is 15.7. The highest BCUT2D eigenvalue weighted by molar-refractivity contribution is 5.51. The molecule has 0 saturated heterocycles. The van der Waals surface area contributed by atoms with Crippen molar-refractivity contribution in [3.05, 3.63) is 22.9 Å². The zero-order valence-corrected chi connectivity index (χ0v) is 10.8. The monoisotopic (exact) mass is 278 g/mol. The first-order valence-corrected chi connectivity index (χ1v) is 5.79. The van der Waals surface area contributed by atoms with Crippen molar-refractivity contribution in [3.8, 4) is 0 Å². The zero-order valence-electron chi connectivity index (χ0n) is 10.8. The van der Waals surface area contributed by atoms with E-state index in [9.17, 15) is 18.3 Å². The average molecular weight is 278 g/mol. The van der Waals surface area contributed by atoms with Crippen molar-refractivity contribution >= 4 is 5.82 Å². The molecule has 7 heteroatoms. The van der Waals surface area contributed by atoms with E-state index in [1.165, 1.54) is 0 Å². The number of aromatic nitrogens is 1. The first-order valence-electron chi connectivity index (χ1n) is 5.79. The summed E-state index contributed by atoms with van der Waals surface area (Å²) < 4.78 is 37.6.